The van der Waals surface area contributed by atoms with Crippen LogP contribution < -0.4 is 5.32 Å². The van der Waals surface area contributed by atoms with E-state index in [-0.39, 0.29) is 23.7 Å². The van der Waals surface area contributed by atoms with Crippen LogP contribution >= 0.6 is 0 Å². The zero-order valence-electron chi connectivity index (χ0n) is 14.2. The number of aromatic nitrogens is 1. The van der Waals surface area contributed by atoms with Gasteiger partial charge in [-0.2, -0.15) is 0 Å². The highest BCUT2D eigenvalue weighted by Gasteiger charge is 2.39. The summed E-state index contributed by atoms with van der Waals surface area (Å²) in [5.41, 5.74) is 3.57. The average molecular weight is 336 g/mol. The van der Waals surface area contributed by atoms with Crippen molar-refractivity contribution in [3.8, 4) is 0 Å². The Hall–Kier alpha value is -2.62. The van der Waals surface area contributed by atoms with E-state index < -0.39 is 0 Å². The van der Waals surface area contributed by atoms with Gasteiger partial charge in [-0.1, -0.05) is 30.3 Å². The van der Waals surface area contributed by atoms with Gasteiger partial charge in [0.1, 0.15) is 5.82 Å². The van der Waals surface area contributed by atoms with Crippen LogP contribution in [0.1, 0.15) is 36.1 Å². The quantitative estimate of drug-likeness (QED) is 0.731. The lowest BCUT2D eigenvalue weighted by molar-refractivity contribution is -0.123. The lowest BCUT2D eigenvalue weighted by Gasteiger charge is -2.43. The van der Waals surface area contributed by atoms with E-state index in [9.17, 15) is 9.18 Å². The molecule has 0 unspecified atom stereocenters. The summed E-state index contributed by atoms with van der Waals surface area (Å²) in [6.45, 7) is 1.93. The van der Waals surface area contributed by atoms with E-state index in [1.54, 1.807) is 6.07 Å². The van der Waals surface area contributed by atoms with E-state index in [0.29, 0.717) is 0 Å². The van der Waals surface area contributed by atoms with Gasteiger partial charge in [-0.3, -0.25) is 4.79 Å². The molecule has 0 atom stereocenters. The molecule has 0 saturated heterocycles. The number of fused-ring (bicyclic) bond motifs is 1. The van der Waals surface area contributed by atoms with Gasteiger partial charge in [-0.15, -0.1) is 0 Å². The molecule has 128 valence electrons. The summed E-state index contributed by atoms with van der Waals surface area (Å²) in [5.74, 6) is -0.301. The highest BCUT2D eigenvalue weighted by atomic mass is 19.1. The summed E-state index contributed by atoms with van der Waals surface area (Å²) in [6, 6.07) is 14.8. The zero-order valence-corrected chi connectivity index (χ0v) is 14.2. The van der Waals surface area contributed by atoms with Crippen molar-refractivity contribution >= 4 is 16.8 Å². The number of hydrogen-bond donors (Lipinski definition) is 2. The van der Waals surface area contributed by atoms with E-state index in [2.05, 4.69) is 22.4 Å². The van der Waals surface area contributed by atoms with Gasteiger partial charge in [-0.05, 0) is 55.5 Å². The van der Waals surface area contributed by atoms with Gasteiger partial charge >= 0.3 is 0 Å². The minimum atomic E-state index is -0.284. The number of rotatable bonds is 4. The molecule has 1 heterocycles. The van der Waals surface area contributed by atoms with Gasteiger partial charge in [-0.25, -0.2) is 4.39 Å². The number of aryl methyl sites for hydroxylation is 1. The number of benzene rings is 2. The fourth-order valence-electron chi connectivity index (χ4n) is 3.83. The smallest absolute Gasteiger partial charge is 0.225 e. The van der Waals surface area contributed by atoms with Gasteiger partial charge in [0.05, 0.1) is 12.0 Å². The van der Waals surface area contributed by atoms with Crippen LogP contribution in [0.4, 0.5) is 4.39 Å². The van der Waals surface area contributed by atoms with E-state index in [1.807, 2.05) is 25.1 Å². The van der Waals surface area contributed by atoms with Crippen molar-refractivity contribution in [2.75, 3.05) is 0 Å². The van der Waals surface area contributed by atoms with Gasteiger partial charge < -0.3 is 10.3 Å². The molecule has 4 rings (SSSR count). The van der Waals surface area contributed by atoms with Crippen molar-refractivity contribution in [2.24, 2.45) is 0 Å². The Labute approximate surface area is 146 Å². The van der Waals surface area contributed by atoms with E-state index >= 15 is 0 Å². The fourth-order valence-corrected chi connectivity index (χ4v) is 3.83. The Morgan fingerprint density at radius 2 is 1.96 bits per heavy atom. The largest absolute Gasteiger partial charge is 0.358 e. The molecule has 4 heteroatoms. The number of nitrogens with one attached hydrogen (secondary N) is 2. The normalized spacial score (nSPS) is 15.8. The van der Waals surface area contributed by atoms with E-state index in [4.69, 9.17) is 0 Å². The van der Waals surface area contributed by atoms with Crippen molar-refractivity contribution in [2.45, 2.75) is 38.1 Å². The van der Waals surface area contributed by atoms with Gasteiger partial charge in [0, 0.05) is 16.6 Å². The second-order valence-electron chi connectivity index (χ2n) is 6.95. The molecule has 0 bridgehead atoms. The maximum absolute atomic E-state index is 13.6. The topological polar surface area (TPSA) is 44.9 Å². The Bertz CT molecular complexity index is 926. The van der Waals surface area contributed by atoms with Crippen molar-refractivity contribution in [1.29, 1.82) is 0 Å². The lowest BCUT2D eigenvalue weighted by Crippen LogP contribution is -2.51. The van der Waals surface area contributed by atoms with Crippen molar-refractivity contribution in [3.63, 3.8) is 0 Å². The Kier molecular flexibility index (Phi) is 3.83. The van der Waals surface area contributed by atoms with Gasteiger partial charge in [0.15, 0.2) is 0 Å². The van der Waals surface area contributed by atoms with Crippen LogP contribution in [0.25, 0.3) is 10.9 Å². The molecular formula is C21H21FN2O. The fraction of sp³-hybridized carbons (Fsp3) is 0.286. The molecule has 3 nitrogen and oxygen atoms in total. The maximum Gasteiger partial charge on any atom is 0.225 e. The first-order valence-electron chi connectivity index (χ1n) is 8.71. The molecule has 2 N–H and O–H groups in total. The van der Waals surface area contributed by atoms with E-state index in [1.165, 1.54) is 12.1 Å². The molecular weight excluding hydrogens is 315 g/mol. The maximum atomic E-state index is 13.6. The summed E-state index contributed by atoms with van der Waals surface area (Å²) < 4.78 is 13.6. The molecule has 25 heavy (non-hydrogen) atoms. The number of halogens is 1. The molecule has 0 radical (unpaired) electrons. The first-order chi connectivity index (χ1) is 12.1. The van der Waals surface area contributed by atoms with Crippen molar-refractivity contribution < 1.29 is 9.18 Å². The van der Waals surface area contributed by atoms with Gasteiger partial charge in [0.25, 0.3) is 0 Å². The molecule has 3 aromatic rings. The van der Waals surface area contributed by atoms with E-state index in [0.717, 1.165) is 47.0 Å². The minimum absolute atomic E-state index is 0.0168. The molecule has 1 aromatic heterocycles. The number of carbonyl (C=O) groups is 1. The predicted octanol–water partition coefficient (Wildman–Crippen LogP) is 4.35. The highest BCUT2D eigenvalue weighted by molar-refractivity contribution is 5.90. The van der Waals surface area contributed by atoms with Crippen molar-refractivity contribution in [1.82, 2.24) is 10.3 Å². The summed E-state index contributed by atoms with van der Waals surface area (Å²) in [7, 11) is 0. The standard InChI is InChI=1S/C21H21FN2O/c1-14-17(18-12-16(22)8-9-19(18)23-14)13-20(25)24-21(10-5-11-21)15-6-3-2-4-7-15/h2-4,6-9,12,23H,5,10-11,13H2,1H3,(H,24,25). The average Bonchev–Trinajstić information content (AvgIpc) is 2.87. The molecule has 2 aromatic carbocycles. The van der Waals surface area contributed by atoms with Crippen LogP contribution in [0.2, 0.25) is 0 Å². The second kappa shape index (κ2) is 6.03. The number of amides is 1. The monoisotopic (exact) mass is 336 g/mol. The third-order valence-corrected chi connectivity index (χ3v) is 5.33. The number of carbonyl (C=O) groups excluding carboxylic acids is 1. The summed E-state index contributed by atoms with van der Waals surface area (Å²) in [6.07, 6.45) is 3.30. The Balaban J connectivity index is 1.59. The third kappa shape index (κ3) is 2.82. The second-order valence-corrected chi connectivity index (χ2v) is 6.95. The number of H-pyrrole nitrogens is 1. The summed E-state index contributed by atoms with van der Waals surface area (Å²) in [5, 5.41) is 4.03. The predicted molar refractivity (Wildman–Crippen MR) is 96.8 cm³/mol. The minimum Gasteiger partial charge on any atom is -0.358 e. The van der Waals surface area contributed by atoms with Crippen LogP contribution in [0.15, 0.2) is 48.5 Å². The van der Waals surface area contributed by atoms with Crippen LogP contribution in [0, 0.1) is 12.7 Å². The van der Waals surface area contributed by atoms with Crippen molar-refractivity contribution in [3.05, 3.63) is 71.2 Å². The third-order valence-electron chi connectivity index (χ3n) is 5.33. The summed E-state index contributed by atoms with van der Waals surface area (Å²) in [4.78, 5) is 16.0. The number of aromatic amines is 1. The Morgan fingerprint density at radius 3 is 2.64 bits per heavy atom. The molecule has 1 fully saturated rings. The molecule has 0 spiro atoms. The van der Waals surface area contributed by atoms with Crippen LogP contribution in [0.3, 0.4) is 0 Å². The first-order valence-corrected chi connectivity index (χ1v) is 8.71. The van der Waals surface area contributed by atoms with Crippen LogP contribution in [0.5, 0.6) is 0 Å². The van der Waals surface area contributed by atoms with Crippen LogP contribution in [-0.4, -0.2) is 10.9 Å². The molecule has 1 amide bonds. The number of hydrogen-bond acceptors (Lipinski definition) is 1. The Morgan fingerprint density at radius 1 is 1.20 bits per heavy atom. The molecule has 1 aliphatic rings. The molecule has 0 aliphatic heterocycles. The first kappa shape index (κ1) is 15.9. The lowest BCUT2D eigenvalue weighted by atomic mass is 9.71. The van der Waals surface area contributed by atoms with Crippen LogP contribution in [-0.2, 0) is 16.8 Å². The molecule has 1 saturated carbocycles. The summed E-state index contributed by atoms with van der Waals surface area (Å²) >= 11 is 0. The molecule has 1 aliphatic carbocycles. The van der Waals surface area contributed by atoms with Gasteiger partial charge in [0.2, 0.25) is 5.91 Å². The SMILES string of the molecule is Cc1[nH]c2ccc(F)cc2c1CC(=O)NC1(c2ccccc2)CCC1. The highest BCUT2D eigenvalue weighted by Crippen LogP contribution is 2.41. The zero-order chi connectivity index (χ0) is 17.4.